The van der Waals surface area contributed by atoms with Crippen molar-refractivity contribution in [3.63, 3.8) is 0 Å². The largest absolute Gasteiger partial charge is 0.340 e. The maximum Gasteiger partial charge on any atom is 0.226 e. The Kier molecular flexibility index (Phi) is 5.26. The van der Waals surface area contributed by atoms with E-state index < -0.39 is 0 Å². The van der Waals surface area contributed by atoms with Gasteiger partial charge < -0.3 is 10.2 Å². The Hall–Kier alpha value is -0.570. The van der Waals surface area contributed by atoms with Crippen molar-refractivity contribution in [2.75, 3.05) is 19.6 Å². The molecule has 1 heterocycles. The summed E-state index contributed by atoms with van der Waals surface area (Å²) in [7, 11) is 0. The van der Waals surface area contributed by atoms with Crippen LogP contribution in [0.4, 0.5) is 0 Å². The standard InChI is InChI=1S/C13H26N2O/c1-5-14-9-11(3)13(16)15-7-6-10(2)8-12(15)4/h10-12,14H,5-9H2,1-4H3. The Bertz CT molecular complexity index is 230. The van der Waals surface area contributed by atoms with E-state index in [4.69, 9.17) is 0 Å². The predicted octanol–water partition coefficient (Wildman–Crippen LogP) is 1.88. The van der Waals surface area contributed by atoms with Crippen LogP contribution in [0.25, 0.3) is 0 Å². The minimum Gasteiger partial charge on any atom is -0.340 e. The Balaban J connectivity index is 2.46. The Labute approximate surface area is 99.6 Å². The van der Waals surface area contributed by atoms with Gasteiger partial charge in [0, 0.05) is 25.0 Å². The lowest BCUT2D eigenvalue weighted by Gasteiger charge is -2.38. The number of likely N-dealkylation sites (tertiary alicyclic amines) is 1. The van der Waals surface area contributed by atoms with E-state index in [2.05, 4.69) is 31.0 Å². The van der Waals surface area contributed by atoms with Crippen molar-refractivity contribution >= 4 is 5.91 Å². The quantitative estimate of drug-likeness (QED) is 0.794. The van der Waals surface area contributed by atoms with E-state index in [0.29, 0.717) is 11.9 Å². The monoisotopic (exact) mass is 226 g/mol. The first-order valence-electron chi connectivity index (χ1n) is 6.57. The van der Waals surface area contributed by atoms with Crippen molar-refractivity contribution in [1.29, 1.82) is 0 Å². The van der Waals surface area contributed by atoms with Crippen LogP contribution in [-0.4, -0.2) is 36.5 Å². The number of hydrogen-bond acceptors (Lipinski definition) is 2. The molecule has 1 fully saturated rings. The highest BCUT2D eigenvalue weighted by Crippen LogP contribution is 2.23. The van der Waals surface area contributed by atoms with Crippen LogP contribution >= 0.6 is 0 Å². The summed E-state index contributed by atoms with van der Waals surface area (Å²) in [6.45, 7) is 11.2. The molecule has 0 saturated carbocycles. The molecule has 3 unspecified atom stereocenters. The van der Waals surface area contributed by atoms with E-state index in [1.165, 1.54) is 0 Å². The zero-order valence-corrected chi connectivity index (χ0v) is 11.1. The summed E-state index contributed by atoms with van der Waals surface area (Å²) >= 11 is 0. The van der Waals surface area contributed by atoms with Crippen LogP contribution in [0.5, 0.6) is 0 Å². The molecule has 0 spiro atoms. The fourth-order valence-electron chi connectivity index (χ4n) is 2.47. The molecule has 94 valence electrons. The smallest absolute Gasteiger partial charge is 0.226 e. The second-order valence-corrected chi connectivity index (χ2v) is 5.22. The first-order valence-corrected chi connectivity index (χ1v) is 6.57. The molecule has 3 nitrogen and oxygen atoms in total. The van der Waals surface area contributed by atoms with E-state index >= 15 is 0 Å². The normalized spacial score (nSPS) is 27.9. The molecule has 0 aromatic carbocycles. The van der Waals surface area contributed by atoms with Crippen molar-refractivity contribution in [2.24, 2.45) is 11.8 Å². The van der Waals surface area contributed by atoms with Gasteiger partial charge in [-0.3, -0.25) is 4.79 Å². The molecule has 3 atom stereocenters. The number of nitrogens with one attached hydrogen (secondary N) is 1. The Morgan fingerprint density at radius 3 is 2.75 bits per heavy atom. The van der Waals surface area contributed by atoms with Gasteiger partial charge in [0.05, 0.1) is 0 Å². The van der Waals surface area contributed by atoms with Crippen LogP contribution in [0.15, 0.2) is 0 Å². The summed E-state index contributed by atoms with van der Waals surface area (Å²) in [5.41, 5.74) is 0. The number of rotatable bonds is 4. The molecule has 0 radical (unpaired) electrons. The Morgan fingerprint density at radius 1 is 1.50 bits per heavy atom. The van der Waals surface area contributed by atoms with Crippen molar-refractivity contribution < 1.29 is 4.79 Å². The average Bonchev–Trinajstić information content (AvgIpc) is 2.25. The molecule has 1 saturated heterocycles. The summed E-state index contributed by atoms with van der Waals surface area (Å²) < 4.78 is 0. The molecule has 0 aromatic heterocycles. The fourth-order valence-corrected chi connectivity index (χ4v) is 2.47. The summed E-state index contributed by atoms with van der Waals surface area (Å²) in [4.78, 5) is 14.3. The molecule has 1 rings (SSSR count). The van der Waals surface area contributed by atoms with Crippen LogP contribution < -0.4 is 5.32 Å². The SMILES string of the molecule is CCNCC(C)C(=O)N1CCC(C)CC1C. The van der Waals surface area contributed by atoms with Gasteiger partial charge in [-0.15, -0.1) is 0 Å². The van der Waals surface area contributed by atoms with Crippen molar-refractivity contribution in [2.45, 2.75) is 46.6 Å². The van der Waals surface area contributed by atoms with E-state index in [1.807, 2.05) is 6.92 Å². The van der Waals surface area contributed by atoms with E-state index in [9.17, 15) is 4.79 Å². The van der Waals surface area contributed by atoms with Crippen LogP contribution in [0.1, 0.15) is 40.5 Å². The van der Waals surface area contributed by atoms with E-state index in [-0.39, 0.29) is 5.92 Å². The summed E-state index contributed by atoms with van der Waals surface area (Å²) in [5.74, 6) is 1.19. The highest BCUT2D eigenvalue weighted by Gasteiger charge is 2.29. The van der Waals surface area contributed by atoms with Gasteiger partial charge >= 0.3 is 0 Å². The van der Waals surface area contributed by atoms with Gasteiger partial charge in [-0.25, -0.2) is 0 Å². The predicted molar refractivity (Wildman–Crippen MR) is 67.3 cm³/mol. The molecule has 1 amide bonds. The van der Waals surface area contributed by atoms with Crippen molar-refractivity contribution in [3.8, 4) is 0 Å². The first kappa shape index (κ1) is 13.5. The molecule has 16 heavy (non-hydrogen) atoms. The summed E-state index contributed by atoms with van der Waals surface area (Å²) in [6, 6.07) is 0.417. The van der Waals surface area contributed by atoms with Crippen LogP contribution in [0, 0.1) is 11.8 Å². The molecule has 1 N–H and O–H groups in total. The van der Waals surface area contributed by atoms with Crippen LogP contribution in [-0.2, 0) is 4.79 Å². The second kappa shape index (κ2) is 6.24. The van der Waals surface area contributed by atoms with E-state index in [0.717, 1.165) is 38.4 Å². The lowest BCUT2D eigenvalue weighted by atomic mass is 9.92. The number of carbonyl (C=O) groups is 1. The van der Waals surface area contributed by atoms with Gasteiger partial charge in [-0.1, -0.05) is 20.8 Å². The third-order valence-corrected chi connectivity index (χ3v) is 3.54. The van der Waals surface area contributed by atoms with Gasteiger partial charge in [-0.2, -0.15) is 0 Å². The highest BCUT2D eigenvalue weighted by molar-refractivity contribution is 5.79. The molecule has 0 aromatic rings. The number of amides is 1. The second-order valence-electron chi connectivity index (χ2n) is 5.22. The van der Waals surface area contributed by atoms with Gasteiger partial charge in [0.15, 0.2) is 0 Å². The average molecular weight is 226 g/mol. The van der Waals surface area contributed by atoms with Crippen molar-refractivity contribution in [3.05, 3.63) is 0 Å². The third-order valence-electron chi connectivity index (χ3n) is 3.54. The highest BCUT2D eigenvalue weighted by atomic mass is 16.2. The number of carbonyl (C=O) groups excluding carboxylic acids is 1. The molecular weight excluding hydrogens is 200 g/mol. The van der Waals surface area contributed by atoms with Gasteiger partial charge in [-0.05, 0) is 32.2 Å². The zero-order valence-electron chi connectivity index (χ0n) is 11.1. The minimum absolute atomic E-state index is 0.107. The lowest BCUT2D eigenvalue weighted by molar-refractivity contribution is -0.138. The topological polar surface area (TPSA) is 32.3 Å². The molecule has 3 heteroatoms. The molecule has 0 bridgehead atoms. The van der Waals surface area contributed by atoms with Crippen LogP contribution in [0.3, 0.4) is 0 Å². The minimum atomic E-state index is 0.107. The third kappa shape index (κ3) is 3.48. The molecule has 1 aliphatic rings. The number of piperidine rings is 1. The fraction of sp³-hybridized carbons (Fsp3) is 0.923. The van der Waals surface area contributed by atoms with E-state index in [1.54, 1.807) is 0 Å². The van der Waals surface area contributed by atoms with Crippen LogP contribution in [0.2, 0.25) is 0 Å². The summed E-state index contributed by atoms with van der Waals surface area (Å²) in [5, 5.41) is 3.24. The van der Waals surface area contributed by atoms with Gasteiger partial charge in [0.1, 0.15) is 0 Å². The molecular formula is C13H26N2O. The maximum atomic E-state index is 12.2. The molecule has 0 aliphatic carbocycles. The number of hydrogen-bond donors (Lipinski definition) is 1. The van der Waals surface area contributed by atoms with Crippen molar-refractivity contribution in [1.82, 2.24) is 10.2 Å². The maximum absolute atomic E-state index is 12.2. The Morgan fingerprint density at radius 2 is 2.19 bits per heavy atom. The lowest BCUT2D eigenvalue weighted by Crippen LogP contribution is -2.47. The zero-order chi connectivity index (χ0) is 12.1. The first-order chi connectivity index (χ1) is 7.56. The summed E-state index contributed by atoms with van der Waals surface area (Å²) in [6.07, 6.45) is 2.31. The molecule has 1 aliphatic heterocycles. The van der Waals surface area contributed by atoms with Gasteiger partial charge in [0.2, 0.25) is 5.91 Å². The number of nitrogens with zero attached hydrogens (tertiary/aromatic N) is 1. The van der Waals surface area contributed by atoms with Gasteiger partial charge in [0.25, 0.3) is 0 Å².